The summed E-state index contributed by atoms with van der Waals surface area (Å²) in [5.74, 6) is -1.09. The van der Waals surface area contributed by atoms with E-state index in [1.165, 1.54) is 23.5 Å². The second-order valence-electron chi connectivity index (χ2n) is 4.82. The number of benzene rings is 2. The summed E-state index contributed by atoms with van der Waals surface area (Å²) in [7, 11) is 0. The number of hydrogen-bond donors (Lipinski definition) is 1. The van der Waals surface area contributed by atoms with Crippen molar-refractivity contribution in [1.29, 1.82) is 0 Å². The van der Waals surface area contributed by atoms with Crippen LogP contribution in [0.25, 0.3) is 10.6 Å². The van der Waals surface area contributed by atoms with Gasteiger partial charge in [0.05, 0.1) is 11.3 Å². The number of thiazole rings is 1. The number of carbonyl (C=O) groups excluding carboxylic acids is 1. The summed E-state index contributed by atoms with van der Waals surface area (Å²) in [4.78, 5) is 16.4. The van der Waals surface area contributed by atoms with Gasteiger partial charge in [0, 0.05) is 16.6 Å². The monoisotopic (exact) mass is 328 g/mol. The van der Waals surface area contributed by atoms with Crippen LogP contribution < -0.4 is 5.73 Å². The van der Waals surface area contributed by atoms with Crippen molar-refractivity contribution in [2.45, 2.75) is 6.61 Å². The molecule has 0 saturated carbocycles. The first kappa shape index (κ1) is 15.2. The molecule has 0 unspecified atom stereocenters. The van der Waals surface area contributed by atoms with E-state index in [1.54, 1.807) is 0 Å². The molecule has 0 aliphatic rings. The van der Waals surface area contributed by atoms with E-state index in [9.17, 15) is 9.18 Å². The molecule has 0 spiro atoms. The van der Waals surface area contributed by atoms with Crippen LogP contribution in [0.3, 0.4) is 0 Å². The maximum atomic E-state index is 13.0. The number of anilines is 1. The number of ether oxygens (including phenoxy) is 1. The van der Waals surface area contributed by atoms with Crippen LogP contribution >= 0.6 is 11.3 Å². The third-order valence-corrected chi connectivity index (χ3v) is 4.10. The first-order valence-electron chi connectivity index (χ1n) is 6.85. The number of halogens is 1. The summed E-state index contributed by atoms with van der Waals surface area (Å²) in [5, 5.41) is 2.70. The number of carbonyl (C=O) groups is 1. The quantitative estimate of drug-likeness (QED) is 0.583. The minimum absolute atomic E-state index is 0.0407. The Labute approximate surface area is 136 Å². The van der Waals surface area contributed by atoms with E-state index < -0.39 is 11.8 Å². The molecule has 4 nitrogen and oxygen atoms in total. The summed E-state index contributed by atoms with van der Waals surface area (Å²) in [6.45, 7) is 0.0407. The van der Waals surface area contributed by atoms with Crippen LogP contribution in [0.5, 0.6) is 0 Å². The van der Waals surface area contributed by atoms with E-state index in [0.29, 0.717) is 5.69 Å². The third kappa shape index (κ3) is 3.54. The number of nitrogens with two attached hydrogens (primary N) is 1. The topological polar surface area (TPSA) is 65.2 Å². The summed E-state index contributed by atoms with van der Waals surface area (Å²) in [5.41, 5.74) is 7.48. The highest BCUT2D eigenvalue weighted by Crippen LogP contribution is 2.24. The van der Waals surface area contributed by atoms with Gasteiger partial charge in [-0.25, -0.2) is 14.2 Å². The van der Waals surface area contributed by atoms with Gasteiger partial charge in [0.25, 0.3) is 0 Å². The van der Waals surface area contributed by atoms with Gasteiger partial charge in [-0.05, 0) is 18.2 Å². The van der Waals surface area contributed by atoms with Crippen LogP contribution in [0.2, 0.25) is 0 Å². The average molecular weight is 328 g/mol. The predicted molar refractivity (Wildman–Crippen MR) is 87.5 cm³/mol. The van der Waals surface area contributed by atoms with Crippen molar-refractivity contribution in [2.24, 2.45) is 0 Å². The number of nitrogen functional groups attached to an aromatic ring is 1. The Morgan fingerprint density at radius 1 is 1.22 bits per heavy atom. The summed E-state index contributed by atoms with van der Waals surface area (Å²) >= 11 is 1.48. The molecule has 0 atom stereocenters. The van der Waals surface area contributed by atoms with E-state index in [1.807, 2.05) is 35.7 Å². The third-order valence-electron chi connectivity index (χ3n) is 3.16. The van der Waals surface area contributed by atoms with Gasteiger partial charge >= 0.3 is 5.97 Å². The molecule has 0 saturated heterocycles. The van der Waals surface area contributed by atoms with Gasteiger partial charge in [-0.3, -0.25) is 0 Å². The van der Waals surface area contributed by atoms with E-state index in [4.69, 9.17) is 10.5 Å². The molecule has 0 radical (unpaired) electrons. The zero-order valence-corrected chi connectivity index (χ0v) is 12.8. The van der Waals surface area contributed by atoms with Crippen LogP contribution in [0.15, 0.2) is 53.9 Å². The van der Waals surface area contributed by atoms with Crippen LogP contribution in [-0.4, -0.2) is 11.0 Å². The van der Waals surface area contributed by atoms with Crippen LogP contribution in [0.4, 0.5) is 10.1 Å². The van der Waals surface area contributed by atoms with Gasteiger partial charge < -0.3 is 10.5 Å². The maximum Gasteiger partial charge on any atom is 0.340 e. The lowest BCUT2D eigenvalue weighted by Crippen LogP contribution is -2.08. The van der Waals surface area contributed by atoms with Gasteiger partial charge in [-0.2, -0.15) is 0 Å². The molecule has 1 heterocycles. The van der Waals surface area contributed by atoms with E-state index in [-0.39, 0.29) is 17.9 Å². The highest BCUT2D eigenvalue weighted by atomic mass is 32.1. The summed E-state index contributed by atoms with van der Waals surface area (Å²) in [6, 6.07) is 13.3. The Bertz CT molecular complexity index is 834. The second kappa shape index (κ2) is 6.58. The lowest BCUT2D eigenvalue weighted by Gasteiger charge is -2.05. The fourth-order valence-corrected chi connectivity index (χ4v) is 2.83. The fourth-order valence-electron chi connectivity index (χ4n) is 2.02. The molecule has 2 N–H and O–H groups in total. The lowest BCUT2D eigenvalue weighted by atomic mass is 10.2. The van der Waals surface area contributed by atoms with Crippen molar-refractivity contribution < 1.29 is 13.9 Å². The van der Waals surface area contributed by atoms with Crippen molar-refractivity contribution in [3.8, 4) is 10.6 Å². The molecule has 1 aromatic heterocycles. The number of aromatic nitrogens is 1. The molecule has 3 aromatic rings. The Balaban J connectivity index is 1.67. The summed E-state index contributed by atoms with van der Waals surface area (Å²) < 4.78 is 18.2. The van der Waals surface area contributed by atoms with Gasteiger partial charge in [0.1, 0.15) is 17.4 Å². The van der Waals surface area contributed by atoms with Crippen molar-refractivity contribution in [3.05, 3.63) is 71.0 Å². The molecule has 2 aromatic carbocycles. The van der Waals surface area contributed by atoms with Crippen molar-refractivity contribution in [3.63, 3.8) is 0 Å². The Morgan fingerprint density at radius 2 is 2.00 bits per heavy atom. The molecule has 23 heavy (non-hydrogen) atoms. The largest absolute Gasteiger partial charge is 0.455 e. The molecule has 3 rings (SSSR count). The van der Waals surface area contributed by atoms with Crippen LogP contribution in [0.1, 0.15) is 16.1 Å². The first-order valence-corrected chi connectivity index (χ1v) is 7.73. The van der Waals surface area contributed by atoms with Gasteiger partial charge in [-0.15, -0.1) is 11.3 Å². The van der Waals surface area contributed by atoms with Gasteiger partial charge in [0.15, 0.2) is 0 Å². The number of hydrogen-bond acceptors (Lipinski definition) is 5. The molecular formula is C17H13FN2O2S. The fraction of sp³-hybridized carbons (Fsp3) is 0.0588. The van der Waals surface area contributed by atoms with E-state index in [0.717, 1.165) is 16.6 Å². The zero-order chi connectivity index (χ0) is 16.2. The average Bonchev–Trinajstić information content (AvgIpc) is 3.02. The SMILES string of the molecule is Nc1cc(F)ccc1C(=O)OCc1csc(-c2ccccc2)n1. The standard InChI is InChI=1S/C17H13FN2O2S/c18-12-6-7-14(15(19)8-12)17(21)22-9-13-10-23-16(20-13)11-4-2-1-3-5-11/h1-8,10H,9,19H2. The second-order valence-corrected chi connectivity index (χ2v) is 5.68. The predicted octanol–water partition coefficient (Wildman–Crippen LogP) is 3.89. The normalized spacial score (nSPS) is 10.5. The highest BCUT2D eigenvalue weighted by molar-refractivity contribution is 7.13. The molecule has 0 aliphatic heterocycles. The maximum absolute atomic E-state index is 13.0. The van der Waals surface area contributed by atoms with Crippen molar-refractivity contribution >= 4 is 23.0 Å². The first-order chi connectivity index (χ1) is 11.1. The molecule has 6 heteroatoms. The van der Waals surface area contributed by atoms with Crippen LogP contribution in [-0.2, 0) is 11.3 Å². The van der Waals surface area contributed by atoms with Crippen molar-refractivity contribution in [2.75, 3.05) is 5.73 Å². The number of nitrogens with zero attached hydrogens (tertiary/aromatic N) is 1. The van der Waals surface area contributed by atoms with Crippen molar-refractivity contribution in [1.82, 2.24) is 4.98 Å². The molecule has 0 bridgehead atoms. The zero-order valence-electron chi connectivity index (χ0n) is 12.0. The Morgan fingerprint density at radius 3 is 2.74 bits per heavy atom. The minimum atomic E-state index is -0.600. The molecular weight excluding hydrogens is 315 g/mol. The smallest absolute Gasteiger partial charge is 0.340 e. The minimum Gasteiger partial charge on any atom is -0.455 e. The molecule has 0 aliphatic carbocycles. The molecule has 116 valence electrons. The van der Waals surface area contributed by atoms with Gasteiger partial charge in [0.2, 0.25) is 0 Å². The van der Waals surface area contributed by atoms with E-state index in [2.05, 4.69) is 4.98 Å². The number of esters is 1. The highest BCUT2D eigenvalue weighted by Gasteiger charge is 2.13. The van der Waals surface area contributed by atoms with Gasteiger partial charge in [-0.1, -0.05) is 30.3 Å². The Hall–Kier alpha value is -2.73. The van der Waals surface area contributed by atoms with Crippen LogP contribution in [0, 0.1) is 5.82 Å². The Kier molecular flexibility index (Phi) is 4.34. The number of rotatable bonds is 4. The van der Waals surface area contributed by atoms with E-state index >= 15 is 0 Å². The molecule has 0 fully saturated rings. The lowest BCUT2D eigenvalue weighted by molar-refractivity contribution is 0.0469. The molecule has 0 amide bonds. The summed E-state index contributed by atoms with van der Waals surface area (Å²) in [6.07, 6.45) is 0.